The first-order valence-electron chi connectivity index (χ1n) is 8.09. The monoisotopic (exact) mass is 418 g/mol. The first-order valence-corrected chi connectivity index (χ1v) is 8.84. The zero-order valence-corrected chi connectivity index (χ0v) is 15.9. The van der Waals surface area contributed by atoms with E-state index in [-0.39, 0.29) is 22.1 Å². The molecule has 28 heavy (non-hydrogen) atoms. The van der Waals surface area contributed by atoms with Crippen molar-refractivity contribution in [3.63, 3.8) is 0 Å². The van der Waals surface area contributed by atoms with Gasteiger partial charge in [0, 0.05) is 18.3 Å². The predicted octanol–water partition coefficient (Wildman–Crippen LogP) is 3.76. The van der Waals surface area contributed by atoms with Crippen molar-refractivity contribution in [3.05, 3.63) is 40.0 Å². The third-order valence-electron chi connectivity index (χ3n) is 4.25. The number of aromatic carboxylic acids is 1. The van der Waals surface area contributed by atoms with Gasteiger partial charge in [-0.3, -0.25) is 4.98 Å². The molecule has 9 nitrogen and oxygen atoms in total. The highest BCUT2D eigenvalue weighted by Gasteiger charge is 2.26. The number of aryl methyl sites for hydroxylation is 1. The minimum absolute atomic E-state index is 0.0208. The molecule has 0 amide bonds. The van der Waals surface area contributed by atoms with Crippen molar-refractivity contribution in [2.45, 2.75) is 13.5 Å². The van der Waals surface area contributed by atoms with Crippen LogP contribution in [0.25, 0.3) is 33.8 Å². The van der Waals surface area contributed by atoms with Gasteiger partial charge in [-0.1, -0.05) is 35.3 Å². The van der Waals surface area contributed by atoms with E-state index < -0.39 is 5.97 Å². The summed E-state index contributed by atoms with van der Waals surface area (Å²) in [5, 5.41) is 17.6. The number of aromatic nitrogens is 5. The second-order valence-electron chi connectivity index (χ2n) is 5.80. The summed E-state index contributed by atoms with van der Waals surface area (Å²) < 4.78 is 6.34. The van der Waals surface area contributed by atoms with Crippen molar-refractivity contribution in [3.8, 4) is 22.8 Å². The summed E-state index contributed by atoms with van der Waals surface area (Å²) in [5.74, 6) is -0.794. The van der Waals surface area contributed by atoms with Gasteiger partial charge in [-0.05, 0) is 23.3 Å². The summed E-state index contributed by atoms with van der Waals surface area (Å²) in [6.45, 7) is 2.23. The van der Waals surface area contributed by atoms with Crippen molar-refractivity contribution in [2.75, 3.05) is 5.73 Å². The Balaban J connectivity index is 2.14. The summed E-state index contributed by atoms with van der Waals surface area (Å²) in [4.78, 5) is 20.7. The van der Waals surface area contributed by atoms with E-state index in [9.17, 15) is 9.90 Å². The van der Waals surface area contributed by atoms with Gasteiger partial charge in [0.15, 0.2) is 17.3 Å². The number of nitrogens with two attached hydrogens (primary N) is 1. The zero-order chi connectivity index (χ0) is 20.0. The Morgan fingerprint density at radius 2 is 2.07 bits per heavy atom. The Morgan fingerprint density at radius 1 is 1.29 bits per heavy atom. The molecule has 3 N–H and O–H groups in total. The highest BCUT2D eigenvalue weighted by Crippen LogP contribution is 2.38. The molecule has 0 aliphatic heterocycles. The number of carboxylic acid groups (broad SMARTS) is 1. The number of benzene rings is 1. The lowest BCUT2D eigenvalue weighted by molar-refractivity contribution is 0.0698. The van der Waals surface area contributed by atoms with Crippen LogP contribution in [-0.2, 0) is 6.54 Å². The smallest absolute Gasteiger partial charge is 0.339 e. The quantitative estimate of drug-likeness (QED) is 0.511. The number of rotatable bonds is 4. The third-order valence-corrected chi connectivity index (χ3v) is 5.07. The lowest BCUT2D eigenvalue weighted by atomic mass is 10.1. The van der Waals surface area contributed by atoms with Gasteiger partial charge in [0.25, 0.3) is 0 Å². The standard InChI is InChI=1S/C17H12Cl2N6O3/c1-2-25-14-8(17(26)27)6-21-11(7-4-3-5-9(18)10(7)19)12(14)22-16(25)13-15(20)24-28-23-13/h3-6H,2H2,1H3,(H2,20,24)(H,26,27). The molecule has 3 heterocycles. The van der Waals surface area contributed by atoms with Crippen LogP contribution in [0.1, 0.15) is 17.3 Å². The average Bonchev–Trinajstić information content (AvgIpc) is 3.26. The fourth-order valence-electron chi connectivity index (χ4n) is 3.02. The number of fused-ring (bicyclic) bond motifs is 1. The van der Waals surface area contributed by atoms with Crippen LogP contribution in [-0.4, -0.2) is 35.9 Å². The van der Waals surface area contributed by atoms with E-state index in [0.29, 0.717) is 39.7 Å². The topological polar surface area (TPSA) is 133 Å². The summed E-state index contributed by atoms with van der Waals surface area (Å²) in [6.07, 6.45) is 1.26. The number of pyridine rings is 1. The van der Waals surface area contributed by atoms with E-state index in [2.05, 4.69) is 24.9 Å². The number of anilines is 1. The van der Waals surface area contributed by atoms with Crippen molar-refractivity contribution in [2.24, 2.45) is 0 Å². The predicted molar refractivity (Wildman–Crippen MR) is 103 cm³/mol. The fourth-order valence-corrected chi connectivity index (χ4v) is 3.41. The normalized spacial score (nSPS) is 11.2. The summed E-state index contributed by atoms with van der Waals surface area (Å²) in [7, 11) is 0. The molecular weight excluding hydrogens is 407 g/mol. The number of carbonyl (C=O) groups is 1. The molecule has 11 heteroatoms. The molecule has 0 spiro atoms. The Labute approximate surface area is 167 Å². The molecule has 0 unspecified atom stereocenters. The number of hydrogen-bond acceptors (Lipinski definition) is 7. The molecule has 142 valence electrons. The van der Waals surface area contributed by atoms with Gasteiger partial charge < -0.3 is 15.4 Å². The van der Waals surface area contributed by atoms with Crippen LogP contribution in [0.3, 0.4) is 0 Å². The molecule has 0 radical (unpaired) electrons. The molecule has 0 atom stereocenters. The van der Waals surface area contributed by atoms with E-state index in [1.807, 2.05) is 6.92 Å². The van der Waals surface area contributed by atoms with Crippen LogP contribution >= 0.6 is 23.2 Å². The Morgan fingerprint density at radius 3 is 2.71 bits per heavy atom. The van der Waals surface area contributed by atoms with E-state index in [4.69, 9.17) is 28.9 Å². The third kappa shape index (κ3) is 2.67. The molecule has 4 aromatic rings. The van der Waals surface area contributed by atoms with Crippen LogP contribution in [0.15, 0.2) is 29.0 Å². The minimum Gasteiger partial charge on any atom is -0.478 e. The van der Waals surface area contributed by atoms with Gasteiger partial charge in [0.1, 0.15) is 11.1 Å². The molecular formula is C17H12Cl2N6O3. The molecule has 0 fully saturated rings. The number of imidazole rings is 1. The van der Waals surface area contributed by atoms with Gasteiger partial charge in [-0.25, -0.2) is 14.4 Å². The van der Waals surface area contributed by atoms with Crippen LogP contribution in [0.4, 0.5) is 5.82 Å². The fraction of sp³-hybridized carbons (Fsp3) is 0.118. The van der Waals surface area contributed by atoms with Crippen molar-refractivity contribution >= 4 is 46.0 Å². The number of carboxylic acids is 1. The van der Waals surface area contributed by atoms with E-state index in [1.165, 1.54) is 6.20 Å². The van der Waals surface area contributed by atoms with Gasteiger partial charge in [0.05, 0.1) is 21.3 Å². The van der Waals surface area contributed by atoms with Crippen LogP contribution in [0.2, 0.25) is 10.0 Å². The zero-order valence-electron chi connectivity index (χ0n) is 14.3. The van der Waals surface area contributed by atoms with E-state index in [0.717, 1.165) is 0 Å². The average molecular weight is 419 g/mol. The highest BCUT2D eigenvalue weighted by atomic mass is 35.5. The maximum absolute atomic E-state index is 11.8. The van der Waals surface area contributed by atoms with Gasteiger partial charge >= 0.3 is 5.97 Å². The van der Waals surface area contributed by atoms with Gasteiger partial charge in [0.2, 0.25) is 0 Å². The SMILES string of the molecule is CCn1c(-c2nonc2N)nc2c(-c3cccc(Cl)c3Cl)ncc(C(=O)O)c21. The largest absolute Gasteiger partial charge is 0.478 e. The number of nitrogens with zero attached hydrogens (tertiary/aromatic N) is 5. The molecule has 0 saturated heterocycles. The number of hydrogen-bond donors (Lipinski definition) is 2. The maximum Gasteiger partial charge on any atom is 0.339 e. The lowest BCUT2D eigenvalue weighted by Gasteiger charge is -2.09. The Kier molecular flexibility index (Phi) is 4.40. The maximum atomic E-state index is 11.8. The van der Waals surface area contributed by atoms with Crippen molar-refractivity contribution in [1.82, 2.24) is 24.8 Å². The van der Waals surface area contributed by atoms with Crippen LogP contribution in [0.5, 0.6) is 0 Å². The van der Waals surface area contributed by atoms with Crippen molar-refractivity contribution < 1.29 is 14.5 Å². The second-order valence-corrected chi connectivity index (χ2v) is 6.59. The van der Waals surface area contributed by atoms with E-state index in [1.54, 1.807) is 22.8 Å². The summed E-state index contributed by atoms with van der Waals surface area (Å²) >= 11 is 12.5. The first kappa shape index (κ1) is 18.2. The summed E-state index contributed by atoms with van der Waals surface area (Å²) in [6, 6.07) is 5.10. The molecule has 1 aromatic carbocycles. The molecule has 0 saturated carbocycles. The summed E-state index contributed by atoms with van der Waals surface area (Å²) in [5.41, 5.74) is 7.59. The Bertz CT molecular complexity index is 1230. The Hall–Kier alpha value is -3.17. The number of nitrogen functional groups attached to an aromatic ring is 1. The minimum atomic E-state index is -1.14. The highest BCUT2D eigenvalue weighted by molar-refractivity contribution is 6.43. The van der Waals surface area contributed by atoms with Gasteiger partial charge in [-0.2, -0.15) is 0 Å². The van der Waals surface area contributed by atoms with Gasteiger partial charge in [-0.15, -0.1) is 0 Å². The van der Waals surface area contributed by atoms with Crippen LogP contribution < -0.4 is 5.73 Å². The first-order chi connectivity index (χ1) is 13.4. The molecule has 0 aliphatic rings. The number of halogens is 2. The molecule has 0 aliphatic carbocycles. The van der Waals surface area contributed by atoms with Crippen molar-refractivity contribution in [1.29, 1.82) is 0 Å². The lowest BCUT2D eigenvalue weighted by Crippen LogP contribution is -2.06. The second kappa shape index (κ2) is 6.77. The molecule has 4 rings (SSSR count). The van der Waals surface area contributed by atoms with Crippen LogP contribution in [0, 0.1) is 0 Å². The molecule has 0 bridgehead atoms. The van der Waals surface area contributed by atoms with E-state index >= 15 is 0 Å². The molecule has 3 aromatic heterocycles.